The quantitative estimate of drug-likeness (QED) is 0.433. The van der Waals surface area contributed by atoms with Crippen molar-refractivity contribution in [3.05, 3.63) is 48.3 Å². The fraction of sp³-hybridized carbons (Fsp3) is 0.464. The molecule has 0 aliphatic carbocycles. The summed E-state index contributed by atoms with van der Waals surface area (Å²) in [6, 6.07) is 9.36. The van der Waals surface area contributed by atoms with Gasteiger partial charge >= 0.3 is 0 Å². The van der Waals surface area contributed by atoms with Crippen LogP contribution in [0.25, 0.3) is 11.3 Å². The van der Waals surface area contributed by atoms with E-state index in [-0.39, 0.29) is 29.8 Å². The molecule has 11 nitrogen and oxygen atoms in total. The highest BCUT2D eigenvalue weighted by Gasteiger charge is 2.42. The maximum atomic E-state index is 11.5. The minimum absolute atomic E-state index is 0.166. The van der Waals surface area contributed by atoms with Crippen molar-refractivity contribution in [1.82, 2.24) is 25.1 Å². The predicted octanol–water partition coefficient (Wildman–Crippen LogP) is 2.13. The molecule has 2 unspecified atom stereocenters. The van der Waals surface area contributed by atoms with Crippen LogP contribution in [0, 0.1) is 0 Å². The van der Waals surface area contributed by atoms with Gasteiger partial charge in [0.1, 0.15) is 5.75 Å². The number of aromatic hydroxyl groups is 1. The van der Waals surface area contributed by atoms with Crippen LogP contribution in [0.1, 0.15) is 44.1 Å². The van der Waals surface area contributed by atoms with Crippen molar-refractivity contribution in [3.8, 4) is 17.0 Å². The Kier molecular flexibility index (Phi) is 6.68. The van der Waals surface area contributed by atoms with Crippen LogP contribution in [-0.2, 0) is 4.79 Å². The minimum Gasteiger partial charge on any atom is -0.507 e. The summed E-state index contributed by atoms with van der Waals surface area (Å²) in [5, 5.41) is 18.7. The van der Waals surface area contributed by atoms with Crippen molar-refractivity contribution in [2.24, 2.45) is 5.73 Å². The Morgan fingerprint density at radius 2 is 1.69 bits per heavy atom. The Labute approximate surface area is 227 Å². The highest BCUT2D eigenvalue weighted by Crippen LogP contribution is 2.38. The van der Waals surface area contributed by atoms with E-state index in [0.29, 0.717) is 23.0 Å². The number of primary amides is 1. The molecule has 3 aliphatic rings. The Hall–Kier alpha value is -3.99. The molecular weight excluding hydrogens is 494 g/mol. The zero-order chi connectivity index (χ0) is 27.1. The molecule has 0 saturated carbocycles. The number of nitrogen functional groups attached to an aromatic ring is 1. The van der Waals surface area contributed by atoms with Gasteiger partial charge in [0.05, 0.1) is 17.4 Å². The zero-order valence-corrected chi connectivity index (χ0v) is 22.1. The van der Waals surface area contributed by atoms with Crippen LogP contribution in [0.3, 0.4) is 0 Å². The SMILES string of the molecule is C[C@@H](C(N)=O)N1CCC(c2cnc(N3C4CCC3CN(c3cc(-c5ccccc5O)nnc3N)C4)nc2)CC1. The molecule has 5 N–H and O–H groups in total. The van der Waals surface area contributed by atoms with Gasteiger partial charge in [-0.05, 0) is 75.4 Å². The number of benzene rings is 1. The lowest BCUT2D eigenvalue weighted by Crippen LogP contribution is -2.54. The van der Waals surface area contributed by atoms with Crippen LogP contribution >= 0.6 is 0 Å². The number of likely N-dealkylation sites (tertiary alicyclic amines) is 1. The zero-order valence-electron chi connectivity index (χ0n) is 22.1. The number of piperidine rings is 1. The number of fused-ring (bicyclic) bond motifs is 2. The minimum atomic E-state index is -0.269. The number of phenolic OH excluding ortho intramolecular Hbond substituents is 1. The third-order valence-corrected chi connectivity index (χ3v) is 8.65. The van der Waals surface area contributed by atoms with Gasteiger partial charge in [-0.2, -0.15) is 0 Å². The van der Waals surface area contributed by atoms with Gasteiger partial charge in [-0.1, -0.05) is 12.1 Å². The Morgan fingerprint density at radius 3 is 2.33 bits per heavy atom. The number of amides is 1. The molecule has 0 spiro atoms. The molecule has 39 heavy (non-hydrogen) atoms. The lowest BCUT2D eigenvalue weighted by atomic mass is 9.90. The van der Waals surface area contributed by atoms with E-state index >= 15 is 0 Å². The summed E-state index contributed by atoms with van der Waals surface area (Å²) in [5.74, 6) is 1.46. The number of anilines is 3. The van der Waals surface area contributed by atoms with Gasteiger partial charge < -0.3 is 26.4 Å². The summed E-state index contributed by atoms with van der Waals surface area (Å²) in [6.45, 7) is 5.14. The van der Waals surface area contributed by atoms with E-state index in [1.807, 2.05) is 37.5 Å². The topological polar surface area (TPSA) is 151 Å². The molecule has 3 saturated heterocycles. The highest BCUT2D eigenvalue weighted by molar-refractivity contribution is 5.79. The van der Waals surface area contributed by atoms with Gasteiger partial charge in [0.15, 0.2) is 5.82 Å². The van der Waals surface area contributed by atoms with Crippen LogP contribution < -0.4 is 21.3 Å². The van der Waals surface area contributed by atoms with Crippen LogP contribution in [0.5, 0.6) is 5.75 Å². The fourth-order valence-corrected chi connectivity index (χ4v) is 6.37. The first-order valence-corrected chi connectivity index (χ1v) is 13.7. The summed E-state index contributed by atoms with van der Waals surface area (Å²) in [6.07, 6.45) is 8.02. The van der Waals surface area contributed by atoms with Crippen LogP contribution in [0.4, 0.5) is 17.5 Å². The molecule has 1 amide bonds. The van der Waals surface area contributed by atoms with E-state index in [2.05, 4.69) is 24.9 Å². The van der Waals surface area contributed by atoms with Crippen molar-refractivity contribution >= 4 is 23.4 Å². The summed E-state index contributed by atoms with van der Waals surface area (Å²) < 4.78 is 0. The van der Waals surface area contributed by atoms with Gasteiger partial charge in [-0.15, -0.1) is 10.2 Å². The largest absolute Gasteiger partial charge is 0.507 e. The van der Waals surface area contributed by atoms with Crippen LogP contribution in [-0.4, -0.2) is 80.4 Å². The molecule has 3 aliphatic heterocycles. The highest BCUT2D eigenvalue weighted by atomic mass is 16.3. The number of aromatic nitrogens is 4. The van der Waals surface area contributed by atoms with Crippen molar-refractivity contribution < 1.29 is 9.90 Å². The molecule has 11 heteroatoms. The van der Waals surface area contributed by atoms with E-state index in [4.69, 9.17) is 21.4 Å². The monoisotopic (exact) mass is 529 g/mol. The maximum Gasteiger partial charge on any atom is 0.234 e. The van der Waals surface area contributed by atoms with Gasteiger partial charge in [0.25, 0.3) is 0 Å². The molecule has 3 aromatic rings. The predicted molar refractivity (Wildman–Crippen MR) is 149 cm³/mol. The van der Waals surface area contributed by atoms with E-state index in [1.54, 1.807) is 12.1 Å². The van der Waals surface area contributed by atoms with Gasteiger partial charge in [0, 0.05) is 43.1 Å². The number of piperazine rings is 1. The average molecular weight is 530 g/mol. The number of phenols is 1. The van der Waals surface area contributed by atoms with Crippen molar-refractivity contribution in [2.45, 2.75) is 56.7 Å². The van der Waals surface area contributed by atoms with E-state index < -0.39 is 0 Å². The second-order valence-electron chi connectivity index (χ2n) is 10.9. The Balaban J connectivity index is 1.14. The third kappa shape index (κ3) is 4.82. The number of carbonyl (C=O) groups is 1. The summed E-state index contributed by atoms with van der Waals surface area (Å²) in [5.41, 5.74) is 15.0. The summed E-state index contributed by atoms with van der Waals surface area (Å²) >= 11 is 0. The van der Waals surface area contributed by atoms with E-state index in [9.17, 15) is 9.90 Å². The molecule has 2 bridgehead atoms. The van der Waals surface area contributed by atoms with Gasteiger partial charge in [-0.3, -0.25) is 9.69 Å². The Morgan fingerprint density at radius 1 is 1.03 bits per heavy atom. The first kappa shape index (κ1) is 25.3. The molecule has 1 aromatic carbocycles. The fourth-order valence-electron chi connectivity index (χ4n) is 6.37. The van der Waals surface area contributed by atoms with Gasteiger partial charge in [0.2, 0.25) is 11.9 Å². The number of nitrogens with zero attached hydrogens (tertiary/aromatic N) is 7. The average Bonchev–Trinajstić information content (AvgIpc) is 3.22. The van der Waals surface area contributed by atoms with Crippen LogP contribution in [0.2, 0.25) is 0 Å². The standard InChI is InChI=1S/C28H35N9O2/c1-17(27(30)39)35-10-8-18(9-11-35)19-13-31-28(32-14-19)37-20-6-7-21(37)16-36(15-20)24-12-23(33-34-26(24)29)22-4-2-3-5-25(22)38/h2-5,12-14,17-18,20-21,38H,6-11,15-16H2,1H3,(H2,29,34)(H2,30,39)/t17-,20?,21?/m0/s1. The molecular formula is C28H35N9O2. The number of hydrogen-bond donors (Lipinski definition) is 3. The molecule has 3 fully saturated rings. The lowest BCUT2D eigenvalue weighted by Gasteiger charge is -2.42. The van der Waals surface area contributed by atoms with Crippen molar-refractivity contribution in [2.75, 3.05) is 41.7 Å². The summed E-state index contributed by atoms with van der Waals surface area (Å²) in [4.78, 5) is 28.0. The van der Waals surface area contributed by atoms with E-state index in [1.165, 1.54) is 0 Å². The molecule has 0 radical (unpaired) electrons. The maximum absolute atomic E-state index is 11.5. The number of hydrogen-bond acceptors (Lipinski definition) is 10. The van der Waals surface area contributed by atoms with Gasteiger partial charge in [-0.25, -0.2) is 9.97 Å². The Bertz CT molecular complexity index is 1330. The second kappa shape index (κ2) is 10.3. The normalized spacial score (nSPS) is 22.7. The molecule has 3 atom stereocenters. The van der Waals surface area contributed by atoms with E-state index in [0.717, 1.165) is 69.1 Å². The third-order valence-electron chi connectivity index (χ3n) is 8.65. The first-order valence-electron chi connectivity index (χ1n) is 13.7. The molecule has 5 heterocycles. The number of nitrogens with two attached hydrogens (primary N) is 2. The second-order valence-corrected chi connectivity index (χ2v) is 10.9. The number of rotatable bonds is 6. The lowest BCUT2D eigenvalue weighted by molar-refractivity contribution is -0.123. The van der Waals surface area contributed by atoms with Crippen molar-refractivity contribution in [1.29, 1.82) is 0 Å². The smallest absolute Gasteiger partial charge is 0.234 e. The molecule has 204 valence electrons. The summed E-state index contributed by atoms with van der Waals surface area (Å²) in [7, 11) is 0. The number of para-hydroxylation sites is 1. The first-order chi connectivity index (χ1) is 18.9. The van der Waals surface area contributed by atoms with Crippen molar-refractivity contribution in [3.63, 3.8) is 0 Å². The molecule has 2 aromatic heterocycles. The number of carbonyl (C=O) groups excluding carboxylic acids is 1. The molecule has 6 rings (SSSR count). The van der Waals surface area contributed by atoms with Crippen LogP contribution in [0.15, 0.2) is 42.7 Å².